The van der Waals surface area contributed by atoms with Crippen molar-refractivity contribution in [3.63, 3.8) is 0 Å². The minimum atomic E-state index is -0.486. The van der Waals surface area contributed by atoms with Crippen molar-refractivity contribution in [1.29, 1.82) is 0 Å². The smallest absolute Gasteiger partial charge is 0.238 e. The molecule has 0 radical (unpaired) electrons. The molecule has 0 spiro atoms. The zero-order valence-electron chi connectivity index (χ0n) is 7.64. The highest BCUT2D eigenvalue weighted by Crippen LogP contribution is 2.10. The fourth-order valence-electron chi connectivity index (χ4n) is 1.07. The molecular formula is C8H10N4O2. The highest BCUT2D eigenvalue weighted by atomic mass is 16.5. The SMILES string of the molecule is CC(O)Cc1nc(-c2ncc[nH]2)no1. The molecule has 0 saturated carbocycles. The van der Waals surface area contributed by atoms with Gasteiger partial charge in [-0.05, 0) is 6.92 Å². The van der Waals surface area contributed by atoms with Crippen LogP contribution >= 0.6 is 0 Å². The fraction of sp³-hybridized carbons (Fsp3) is 0.375. The predicted molar refractivity (Wildman–Crippen MR) is 47.3 cm³/mol. The van der Waals surface area contributed by atoms with Crippen LogP contribution in [-0.2, 0) is 6.42 Å². The first-order valence-corrected chi connectivity index (χ1v) is 4.26. The molecule has 14 heavy (non-hydrogen) atoms. The Hall–Kier alpha value is -1.69. The molecule has 2 heterocycles. The zero-order valence-corrected chi connectivity index (χ0v) is 7.64. The van der Waals surface area contributed by atoms with E-state index in [-0.39, 0.29) is 0 Å². The standard InChI is InChI=1S/C8H10N4O2/c1-5(13)4-6-11-8(12-14-6)7-9-2-3-10-7/h2-3,5,13H,4H2,1H3,(H,9,10). The van der Waals surface area contributed by atoms with Crippen LogP contribution in [0.3, 0.4) is 0 Å². The largest absolute Gasteiger partial charge is 0.393 e. The number of nitrogens with zero attached hydrogens (tertiary/aromatic N) is 3. The van der Waals surface area contributed by atoms with E-state index < -0.39 is 6.10 Å². The van der Waals surface area contributed by atoms with E-state index in [2.05, 4.69) is 20.1 Å². The highest BCUT2D eigenvalue weighted by Gasteiger charge is 2.11. The number of H-pyrrole nitrogens is 1. The lowest BCUT2D eigenvalue weighted by Crippen LogP contribution is -2.04. The van der Waals surface area contributed by atoms with Gasteiger partial charge in [0.15, 0.2) is 5.82 Å². The first kappa shape index (κ1) is 8.89. The van der Waals surface area contributed by atoms with Crippen LogP contribution in [0.4, 0.5) is 0 Å². The van der Waals surface area contributed by atoms with Gasteiger partial charge in [-0.2, -0.15) is 4.98 Å². The van der Waals surface area contributed by atoms with Gasteiger partial charge in [-0.15, -0.1) is 0 Å². The molecule has 1 unspecified atom stereocenters. The van der Waals surface area contributed by atoms with Crippen LogP contribution in [0.1, 0.15) is 12.8 Å². The van der Waals surface area contributed by atoms with Crippen LogP contribution in [0.5, 0.6) is 0 Å². The molecule has 1 atom stereocenters. The summed E-state index contributed by atoms with van der Waals surface area (Å²) in [7, 11) is 0. The number of aliphatic hydroxyl groups excluding tert-OH is 1. The molecule has 2 aromatic rings. The molecule has 6 heteroatoms. The first-order chi connectivity index (χ1) is 6.75. The second kappa shape index (κ2) is 3.59. The Morgan fingerprint density at radius 2 is 2.50 bits per heavy atom. The lowest BCUT2D eigenvalue weighted by molar-refractivity contribution is 0.181. The van der Waals surface area contributed by atoms with E-state index in [1.54, 1.807) is 19.3 Å². The summed E-state index contributed by atoms with van der Waals surface area (Å²) in [4.78, 5) is 10.9. The number of aromatic amines is 1. The van der Waals surface area contributed by atoms with E-state index in [4.69, 9.17) is 9.63 Å². The van der Waals surface area contributed by atoms with Gasteiger partial charge in [0.25, 0.3) is 0 Å². The molecule has 0 aliphatic rings. The number of hydrogen-bond acceptors (Lipinski definition) is 5. The van der Waals surface area contributed by atoms with Gasteiger partial charge in [-0.3, -0.25) is 0 Å². The predicted octanol–water partition coefficient (Wildman–Crippen LogP) is 0.383. The van der Waals surface area contributed by atoms with Crippen LogP contribution < -0.4 is 0 Å². The maximum absolute atomic E-state index is 9.09. The summed E-state index contributed by atoms with van der Waals surface area (Å²) >= 11 is 0. The van der Waals surface area contributed by atoms with Gasteiger partial charge in [0.2, 0.25) is 11.7 Å². The summed E-state index contributed by atoms with van der Waals surface area (Å²) in [6, 6.07) is 0. The van der Waals surface area contributed by atoms with E-state index in [0.29, 0.717) is 24.0 Å². The zero-order chi connectivity index (χ0) is 9.97. The Labute approximate surface area is 80.0 Å². The number of aromatic nitrogens is 4. The second-order valence-corrected chi connectivity index (χ2v) is 3.00. The number of nitrogens with one attached hydrogen (secondary N) is 1. The molecule has 0 bridgehead atoms. The third kappa shape index (κ3) is 1.80. The average molecular weight is 194 g/mol. The van der Waals surface area contributed by atoms with Gasteiger partial charge >= 0.3 is 0 Å². The quantitative estimate of drug-likeness (QED) is 0.737. The fourth-order valence-corrected chi connectivity index (χ4v) is 1.07. The van der Waals surface area contributed by atoms with Crippen molar-refractivity contribution < 1.29 is 9.63 Å². The van der Waals surface area contributed by atoms with Crippen molar-refractivity contribution in [3.8, 4) is 11.6 Å². The summed E-state index contributed by atoms with van der Waals surface area (Å²) in [6.45, 7) is 1.66. The van der Waals surface area contributed by atoms with Crippen molar-refractivity contribution in [2.75, 3.05) is 0 Å². The lowest BCUT2D eigenvalue weighted by atomic mass is 10.3. The maximum Gasteiger partial charge on any atom is 0.238 e. The molecule has 0 saturated heterocycles. The Kier molecular flexibility index (Phi) is 2.28. The van der Waals surface area contributed by atoms with E-state index in [1.165, 1.54) is 0 Å². The number of imidazole rings is 1. The van der Waals surface area contributed by atoms with Gasteiger partial charge in [0, 0.05) is 12.4 Å². The van der Waals surface area contributed by atoms with Gasteiger partial charge in [0.05, 0.1) is 12.5 Å². The molecule has 0 fully saturated rings. The van der Waals surface area contributed by atoms with Crippen molar-refractivity contribution in [1.82, 2.24) is 20.1 Å². The van der Waals surface area contributed by atoms with E-state index >= 15 is 0 Å². The molecule has 2 N–H and O–H groups in total. The van der Waals surface area contributed by atoms with Crippen LogP contribution in [0.25, 0.3) is 11.6 Å². The van der Waals surface area contributed by atoms with Crippen molar-refractivity contribution >= 4 is 0 Å². The molecular weight excluding hydrogens is 184 g/mol. The van der Waals surface area contributed by atoms with Crippen molar-refractivity contribution in [3.05, 3.63) is 18.3 Å². The summed E-state index contributed by atoms with van der Waals surface area (Å²) < 4.78 is 4.92. The molecule has 0 aromatic carbocycles. The van der Waals surface area contributed by atoms with Crippen molar-refractivity contribution in [2.45, 2.75) is 19.4 Å². The Balaban J connectivity index is 2.18. The summed E-state index contributed by atoms with van der Waals surface area (Å²) in [5, 5.41) is 12.8. The van der Waals surface area contributed by atoms with Crippen LogP contribution in [0.2, 0.25) is 0 Å². The van der Waals surface area contributed by atoms with E-state index in [9.17, 15) is 0 Å². The minimum absolute atomic E-state index is 0.355. The lowest BCUT2D eigenvalue weighted by Gasteiger charge is -1.95. The Bertz CT molecular complexity index is 393. The van der Waals surface area contributed by atoms with Gasteiger partial charge in [-0.1, -0.05) is 5.16 Å². The van der Waals surface area contributed by atoms with Gasteiger partial charge < -0.3 is 14.6 Å². The van der Waals surface area contributed by atoms with Crippen LogP contribution in [0.15, 0.2) is 16.9 Å². The molecule has 2 aromatic heterocycles. The number of aliphatic hydroxyl groups is 1. The van der Waals surface area contributed by atoms with Crippen LogP contribution in [0, 0.1) is 0 Å². The summed E-state index contributed by atoms with van der Waals surface area (Å²) in [5.74, 6) is 1.38. The van der Waals surface area contributed by atoms with Crippen molar-refractivity contribution in [2.24, 2.45) is 0 Å². The second-order valence-electron chi connectivity index (χ2n) is 3.00. The minimum Gasteiger partial charge on any atom is -0.393 e. The maximum atomic E-state index is 9.09. The van der Waals surface area contributed by atoms with E-state index in [1.807, 2.05) is 0 Å². The number of hydrogen-bond donors (Lipinski definition) is 2. The molecule has 0 amide bonds. The molecule has 2 rings (SSSR count). The third-order valence-electron chi connectivity index (χ3n) is 1.65. The normalized spacial score (nSPS) is 13.0. The van der Waals surface area contributed by atoms with Gasteiger partial charge in [0.1, 0.15) is 0 Å². The summed E-state index contributed by atoms with van der Waals surface area (Å²) in [5.41, 5.74) is 0. The average Bonchev–Trinajstić information content (AvgIpc) is 2.69. The van der Waals surface area contributed by atoms with Crippen LogP contribution in [-0.4, -0.2) is 31.3 Å². The summed E-state index contributed by atoms with van der Waals surface area (Å²) in [6.07, 6.45) is 3.16. The molecule has 6 nitrogen and oxygen atoms in total. The Morgan fingerprint density at radius 3 is 3.14 bits per heavy atom. The third-order valence-corrected chi connectivity index (χ3v) is 1.65. The van der Waals surface area contributed by atoms with Gasteiger partial charge in [-0.25, -0.2) is 4.98 Å². The van der Waals surface area contributed by atoms with E-state index in [0.717, 1.165) is 0 Å². The molecule has 0 aliphatic carbocycles. The Morgan fingerprint density at radius 1 is 1.64 bits per heavy atom. The highest BCUT2D eigenvalue weighted by molar-refractivity contribution is 5.40. The first-order valence-electron chi connectivity index (χ1n) is 4.26. The monoisotopic (exact) mass is 194 g/mol. The topological polar surface area (TPSA) is 87.8 Å². The molecule has 0 aliphatic heterocycles. The molecule has 74 valence electrons. The number of rotatable bonds is 3.